The first-order chi connectivity index (χ1) is 9.21. The molecular formula is C15H23NO3. The number of hydrogen-bond acceptors (Lipinski definition) is 4. The normalized spacial score (nSPS) is 27.0. The van der Waals surface area contributed by atoms with Crippen LogP contribution < -0.4 is 14.8 Å². The quantitative estimate of drug-likeness (QED) is 0.854. The summed E-state index contributed by atoms with van der Waals surface area (Å²) in [5, 5.41) is 12.8. The van der Waals surface area contributed by atoms with E-state index in [4.69, 9.17) is 9.47 Å². The fourth-order valence-corrected chi connectivity index (χ4v) is 2.71. The zero-order valence-corrected chi connectivity index (χ0v) is 11.7. The molecule has 2 atom stereocenters. The van der Waals surface area contributed by atoms with E-state index in [1.807, 2.05) is 31.3 Å². The van der Waals surface area contributed by atoms with Crippen LogP contribution in [0.5, 0.6) is 11.5 Å². The van der Waals surface area contributed by atoms with Crippen LogP contribution in [-0.4, -0.2) is 37.5 Å². The van der Waals surface area contributed by atoms with Crippen molar-refractivity contribution in [3.63, 3.8) is 0 Å². The topological polar surface area (TPSA) is 50.7 Å². The maximum absolute atomic E-state index is 9.56. The number of aliphatic hydroxyl groups is 1. The Labute approximate surface area is 114 Å². The lowest BCUT2D eigenvalue weighted by Gasteiger charge is -2.39. The molecule has 0 bridgehead atoms. The third-order valence-corrected chi connectivity index (χ3v) is 4.00. The molecule has 0 radical (unpaired) electrons. The molecule has 1 aromatic rings. The molecule has 4 heteroatoms. The summed E-state index contributed by atoms with van der Waals surface area (Å²) in [6.07, 6.45) is 4.10. The van der Waals surface area contributed by atoms with Crippen LogP contribution in [0.25, 0.3) is 0 Å². The molecule has 0 heterocycles. The van der Waals surface area contributed by atoms with E-state index in [-0.39, 0.29) is 18.2 Å². The van der Waals surface area contributed by atoms with Gasteiger partial charge in [0.15, 0.2) is 0 Å². The molecule has 106 valence electrons. The Morgan fingerprint density at radius 2 is 2.00 bits per heavy atom. The summed E-state index contributed by atoms with van der Waals surface area (Å²) in [4.78, 5) is 0. The maximum Gasteiger partial charge on any atom is 0.119 e. The lowest BCUT2D eigenvalue weighted by molar-refractivity contribution is 0.0554. The Morgan fingerprint density at radius 1 is 1.32 bits per heavy atom. The highest BCUT2D eigenvalue weighted by atomic mass is 16.5. The van der Waals surface area contributed by atoms with Crippen LogP contribution in [-0.2, 0) is 0 Å². The molecule has 1 aromatic carbocycles. The average molecular weight is 265 g/mol. The van der Waals surface area contributed by atoms with Crippen molar-refractivity contribution in [3.05, 3.63) is 24.3 Å². The van der Waals surface area contributed by atoms with Gasteiger partial charge in [0.2, 0.25) is 0 Å². The van der Waals surface area contributed by atoms with Crippen molar-refractivity contribution in [1.82, 2.24) is 5.32 Å². The molecule has 0 amide bonds. The van der Waals surface area contributed by atoms with E-state index in [0.29, 0.717) is 0 Å². The van der Waals surface area contributed by atoms with Gasteiger partial charge >= 0.3 is 0 Å². The second-order valence-electron chi connectivity index (χ2n) is 5.20. The smallest absolute Gasteiger partial charge is 0.119 e. The van der Waals surface area contributed by atoms with Gasteiger partial charge in [-0.05, 0) is 50.6 Å². The zero-order valence-electron chi connectivity index (χ0n) is 11.7. The number of likely N-dealkylation sites (N-methyl/N-ethyl adjacent to an activating group) is 1. The fraction of sp³-hybridized carbons (Fsp3) is 0.600. The predicted octanol–water partition coefficient (Wildman–Crippen LogP) is 1.97. The molecule has 1 fully saturated rings. The summed E-state index contributed by atoms with van der Waals surface area (Å²) in [6.45, 7) is 0.159. The first kappa shape index (κ1) is 14.2. The molecule has 1 saturated carbocycles. The first-order valence-electron chi connectivity index (χ1n) is 6.82. The van der Waals surface area contributed by atoms with Crippen molar-refractivity contribution >= 4 is 0 Å². The third-order valence-electron chi connectivity index (χ3n) is 4.00. The van der Waals surface area contributed by atoms with Crippen molar-refractivity contribution in [1.29, 1.82) is 0 Å². The summed E-state index contributed by atoms with van der Waals surface area (Å²) < 4.78 is 11.1. The number of ether oxygens (including phenoxy) is 2. The Morgan fingerprint density at radius 3 is 2.58 bits per heavy atom. The molecule has 1 aliphatic carbocycles. The predicted molar refractivity (Wildman–Crippen MR) is 74.8 cm³/mol. The summed E-state index contributed by atoms with van der Waals surface area (Å²) in [5.74, 6) is 1.69. The summed E-state index contributed by atoms with van der Waals surface area (Å²) in [5.41, 5.74) is -0.185. The second kappa shape index (κ2) is 6.26. The molecule has 0 saturated heterocycles. The van der Waals surface area contributed by atoms with Gasteiger partial charge in [-0.2, -0.15) is 0 Å². The van der Waals surface area contributed by atoms with Gasteiger partial charge in [0.1, 0.15) is 17.6 Å². The zero-order chi connectivity index (χ0) is 13.7. The summed E-state index contributed by atoms with van der Waals surface area (Å²) in [6, 6.07) is 7.64. The number of benzene rings is 1. The van der Waals surface area contributed by atoms with Gasteiger partial charge < -0.3 is 19.9 Å². The van der Waals surface area contributed by atoms with Gasteiger partial charge in [-0.1, -0.05) is 0 Å². The van der Waals surface area contributed by atoms with Crippen molar-refractivity contribution in [2.24, 2.45) is 0 Å². The van der Waals surface area contributed by atoms with Gasteiger partial charge in [-0.25, -0.2) is 0 Å². The number of methoxy groups -OCH3 is 1. The molecule has 2 rings (SSSR count). The minimum atomic E-state index is -0.185. The largest absolute Gasteiger partial charge is 0.497 e. The Hall–Kier alpha value is -1.26. The van der Waals surface area contributed by atoms with Gasteiger partial charge in [0.25, 0.3) is 0 Å². The molecule has 1 aliphatic rings. The van der Waals surface area contributed by atoms with Crippen LogP contribution in [0.1, 0.15) is 25.7 Å². The van der Waals surface area contributed by atoms with Crippen molar-refractivity contribution in [2.75, 3.05) is 20.8 Å². The molecule has 0 aliphatic heterocycles. The third kappa shape index (κ3) is 3.39. The van der Waals surface area contributed by atoms with Crippen molar-refractivity contribution in [3.8, 4) is 11.5 Å². The van der Waals surface area contributed by atoms with Crippen molar-refractivity contribution in [2.45, 2.75) is 37.3 Å². The lowest BCUT2D eigenvalue weighted by atomic mass is 9.81. The highest BCUT2D eigenvalue weighted by Crippen LogP contribution is 2.31. The number of rotatable bonds is 5. The van der Waals surface area contributed by atoms with E-state index >= 15 is 0 Å². The van der Waals surface area contributed by atoms with E-state index in [1.54, 1.807) is 7.11 Å². The van der Waals surface area contributed by atoms with Gasteiger partial charge in [-0.15, -0.1) is 0 Å². The molecule has 0 spiro atoms. The van der Waals surface area contributed by atoms with Crippen LogP contribution in [0.2, 0.25) is 0 Å². The summed E-state index contributed by atoms with van der Waals surface area (Å²) >= 11 is 0. The van der Waals surface area contributed by atoms with E-state index < -0.39 is 0 Å². The van der Waals surface area contributed by atoms with E-state index in [9.17, 15) is 5.11 Å². The Balaban J connectivity index is 1.98. The number of aliphatic hydroxyl groups excluding tert-OH is 1. The monoisotopic (exact) mass is 265 g/mol. The highest BCUT2D eigenvalue weighted by Gasteiger charge is 2.35. The van der Waals surface area contributed by atoms with E-state index in [2.05, 4.69) is 5.32 Å². The van der Waals surface area contributed by atoms with Crippen LogP contribution in [0.15, 0.2) is 24.3 Å². The minimum Gasteiger partial charge on any atom is -0.497 e. The number of hydrogen-bond donors (Lipinski definition) is 2. The molecule has 2 N–H and O–H groups in total. The minimum absolute atomic E-state index is 0.154. The maximum atomic E-state index is 9.56. The van der Waals surface area contributed by atoms with Crippen molar-refractivity contribution < 1.29 is 14.6 Å². The molecule has 19 heavy (non-hydrogen) atoms. The average Bonchev–Trinajstić information content (AvgIpc) is 2.48. The second-order valence-corrected chi connectivity index (χ2v) is 5.20. The summed E-state index contributed by atoms with van der Waals surface area (Å²) in [7, 11) is 3.56. The van der Waals surface area contributed by atoms with Crippen LogP contribution in [0.4, 0.5) is 0 Å². The molecular weight excluding hydrogens is 242 g/mol. The van der Waals surface area contributed by atoms with Crippen LogP contribution in [0.3, 0.4) is 0 Å². The highest BCUT2D eigenvalue weighted by molar-refractivity contribution is 5.31. The van der Waals surface area contributed by atoms with Gasteiger partial charge in [0.05, 0.1) is 13.7 Å². The fourth-order valence-electron chi connectivity index (χ4n) is 2.71. The lowest BCUT2D eigenvalue weighted by Crippen LogP contribution is -2.52. The van der Waals surface area contributed by atoms with E-state index in [0.717, 1.165) is 37.2 Å². The Kier molecular flexibility index (Phi) is 4.66. The van der Waals surface area contributed by atoms with E-state index in [1.165, 1.54) is 0 Å². The molecule has 2 unspecified atom stereocenters. The standard InChI is InChI=1S/C15H23NO3/c1-16-15(11-17)9-3-4-14(10-15)19-13-7-5-12(18-2)6-8-13/h5-8,14,16-17H,3-4,9-11H2,1-2H3. The van der Waals surface area contributed by atoms with Crippen LogP contribution >= 0.6 is 0 Å². The van der Waals surface area contributed by atoms with Gasteiger partial charge in [0, 0.05) is 12.0 Å². The first-order valence-corrected chi connectivity index (χ1v) is 6.82. The molecule has 0 aromatic heterocycles. The SMILES string of the molecule is CNC1(CO)CCCC(Oc2ccc(OC)cc2)C1. The van der Waals surface area contributed by atoms with Crippen LogP contribution in [0, 0.1) is 0 Å². The Bertz CT molecular complexity index is 387. The van der Waals surface area contributed by atoms with Gasteiger partial charge in [-0.3, -0.25) is 0 Å². The molecule has 4 nitrogen and oxygen atoms in total. The number of nitrogens with one attached hydrogen (secondary N) is 1.